The van der Waals surface area contributed by atoms with Gasteiger partial charge in [-0.3, -0.25) is 4.79 Å². The van der Waals surface area contributed by atoms with Crippen molar-refractivity contribution in [3.63, 3.8) is 0 Å². The predicted octanol–water partition coefficient (Wildman–Crippen LogP) is 0.476. The Morgan fingerprint density at radius 1 is 1.35 bits per heavy atom. The Labute approximate surface area is 119 Å². The molecule has 0 radical (unpaired) electrons. The van der Waals surface area contributed by atoms with Gasteiger partial charge in [0.15, 0.2) is 0 Å². The molecule has 1 aliphatic heterocycles. The summed E-state index contributed by atoms with van der Waals surface area (Å²) >= 11 is 0. The highest BCUT2D eigenvalue weighted by molar-refractivity contribution is 7.89. The zero-order chi connectivity index (χ0) is 15.1. The van der Waals surface area contributed by atoms with Crippen molar-refractivity contribution >= 4 is 21.6 Å². The zero-order valence-electron chi connectivity index (χ0n) is 11.8. The minimum Gasteiger partial charge on any atom is -0.398 e. The summed E-state index contributed by atoms with van der Waals surface area (Å²) in [6.07, 6.45) is 0. The number of piperazine rings is 1. The molecular formula is C13H19N3O3S. The minimum atomic E-state index is -3.82. The maximum absolute atomic E-state index is 12.9. The summed E-state index contributed by atoms with van der Waals surface area (Å²) in [5.41, 5.74) is 5.47. The summed E-state index contributed by atoms with van der Waals surface area (Å²) in [6, 6.07) is 4.95. The highest BCUT2D eigenvalue weighted by Gasteiger charge is 2.45. The number of nitrogens with zero attached hydrogens (tertiary/aromatic N) is 1. The van der Waals surface area contributed by atoms with Gasteiger partial charge >= 0.3 is 0 Å². The van der Waals surface area contributed by atoms with Gasteiger partial charge in [0, 0.05) is 13.1 Å². The fourth-order valence-corrected chi connectivity index (χ4v) is 4.52. The third-order valence-electron chi connectivity index (χ3n) is 3.57. The van der Waals surface area contributed by atoms with E-state index in [9.17, 15) is 13.2 Å². The molecule has 1 aliphatic rings. The number of carbonyl (C=O) groups excluding carboxylic acids is 1. The van der Waals surface area contributed by atoms with Crippen molar-refractivity contribution in [3.8, 4) is 0 Å². The van der Waals surface area contributed by atoms with Crippen molar-refractivity contribution in [3.05, 3.63) is 23.8 Å². The van der Waals surface area contributed by atoms with Gasteiger partial charge in [-0.15, -0.1) is 0 Å². The van der Waals surface area contributed by atoms with E-state index in [1.807, 2.05) is 0 Å². The molecule has 0 atom stereocenters. The van der Waals surface area contributed by atoms with Crippen molar-refractivity contribution in [1.82, 2.24) is 9.62 Å². The number of amides is 1. The number of hydrogen-bond donors (Lipinski definition) is 2. The van der Waals surface area contributed by atoms with Gasteiger partial charge < -0.3 is 11.1 Å². The second-order valence-electron chi connectivity index (χ2n) is 5.39. The molecule has 1 fully saturated rings. The summed E-state index contributed by atoms with van der Waals surface area (Å²) in [5.74, 6) is -0.306. The first-order chi connectivity index (χ1) is 9.19. The van der Waals surface area contributed by atoms with Crippen molar-refractivity contribution in [2.45, 2.75) is 31.2 Å². The molecule has 1 heterocycles. The second-order valence-corrected chi connectivity index (χ2v) is 7.18. The fourth-order valence-electron chi connectivity index (χ4n) is 2.44. The Bertz CT molecular complexity index is 633. The van der Waals surface area contributed by atoms with E-state index in [0.29, 0.717) is 12.1 Å². The van der Waals surface area contributed by atoms with Crippen LogP contribution in [0, 0.1) is 6.92 Å². The lowest BCUT2D eigenvalue weighted by Gasteiger charge is -2.40. The van der Waals surface area contributed by atoms with Gasteiger partial charge in [0.05, 0.1) is 5.69 Å². The molecule has 1 saturated heterocycles. The molecular weight excluding hydrogens is 278 g/mol. The van der Waals surface area contributed by atoms with Gasteiger partial charge in [0.1, 0.15) is 10.4 Å². The summed E-state index contributed by atoms with van der Waals surface area (Å²) in [6.45, 7) is 5.41. The van der Waals surface area contributed by atoms with Crippen molar-refractivity contribution in [2.24, 2.45) is 0 Å². The Hall–Kier alpha value is -1.60. The van der Waals surface area contributed by atoms with Gasteiger partial charge in [0.25, 0.3) is 0 Å². The summed E-state index contributed by atoms with van der Waals surface area (Å²) in [5, 5.41) is 2.68. The molecule has 0 unspecified atom stereocenters. The van der Waals surface area contributed by atoms with E-state index in [1.165, 1.54) is 4.31 Å². The molecule has 0 saturated carbocycles. The molecule has 0 aliphatic carbocycles. The molecule has 1 amide bonds. The lowest BCUT2D eigenvalue weighted by molar-refractivity contribution is -0.131. The minimum absolute atomic E-state index is 0.0859. The average Bonchev–Trinajstić information content (AvgIpc) is 2.31. The molecule has 0 spiro atoms. The number of benzene rings is 1. The van der Waals surface area contributed by atoms with E-state index in [1.54, 1.807) is 39.0 Å². The second kappa shape index (κ2) is 4.75. The Kier molecular flexibility index (Phi) is 3.51. The number of nitrogen functional groups attached to an aromatic ring is 1. The number of hydrogen-bond acceptors (Lipinski definition) is 4. The topological polar surface area (TPSA) is 92.5 Å². The van der Waals surface area contributed by atoms with E-state index in [0.717, 1.165) is 0 Å². The van der Waals surface area contributed by atoms with Crippen LogP contribution in [0.4, 0.5) is 5.69 Å². The van der Waals surface area contributed by atoms with E-state index in [2.05, 4.69) is 5.32 Å². The number of nitrogens with one attached hydrogen (secondary N) is 1. The number of nitrogens with two attached hydrogens (primary N) is 1. The average molecular weight is 297 g/mol. The standard InChI is InChI=1S/C13H19N3O3S/c1-9-5-4-6-10(14)11(9)20(18,19)16-8-7-15-12(17)13(16,2)3/h4-6H,7-8,14H2,1-3H3,(H,15,17). The summed E-state index contributed by atoms with van der Waals surface area (Å²) in [4.78, 5) is 12.0. The van der Waals surface area contributed by atoms with Crippen LogP contribution in [0.15, 0.2) is 23.1 Å². The first kappa shape index (κ1) is 14.8. The number of aryl methyl sites for hydroxylation is 1. The number of rotatable bonds is 2. The highest BCUT2D eigenvalue weighted by atomic mass is 32.2. The lowest BCUT2D eigenvalue weighted by Crippen LogP contribution is -2.63. The Morgan fingerprint density at radius 2 is 2.00 bits per heavy atom. The maximum atomic E-state index is 12.9. The van der Waals surface area contributed by atoms with E-state index in [4.69, 9.17) is 5.73 Å². The van der Waals surface area contributed by atoms with E-state index in [-0.39, 0.29) is 23.0 Å². The van der Waals surface area contributed by atoms with Crippen LogP contribution < -0.4 is 11.1 Å². The first-order valence-corrected chi connectivity index (χ1v) is 7.79. The molecule has 6 nitrogen and oxygen atoms in total. The highest BCUT2D eigenvalue weighted by Crippen LogP contribution is 2.31. The number of sulfonamides is 1. The quantitative estimate of drug-likeness (QED) is 0.776. The van der Waals surface area contributed by atoms with Crippen molar-refractivity contribution < 1.29 is 13.2 Å². The van der Waals surface area contributed by atoms with Crippen LogP contribution in [0.25, 0.3) is 0 Å². The summed E-state index contributed by atoms with van der Waals surface area (Å²) < 4.78 is 26.9. The third kappa shape index (κ3) is 2.16. The van der Waals surface area contributed by atoms with Crippen LogP contribution in [0.3, 0.4) is 0 Å². The van der Waals surface area contributed by atoms with Gasteiger partial charge in [-0.05, 0) is 32.4 Å². The van der Waals surface area contributed by atoms with Crippen LogP contribution in [-0.4, -0.2) is 37.3 Å². The Morgan fingerprint density at radius 3 is 2.60 bits per heavy atom. The molecule has 0 aromatic heterocycles. The molecule has 20 heavy (non-hydrogen) atoms. The lowest BCUT2D eigenvalue weighted by atomic mass is 10.0. The monoisotopic (exact) mass is 297 g/mol. The number of carbonyl (C=O) groups is 1. The predicted molar refractivity (Wildman–Crippen MR) is 76.6 cm³/mol. The van der Waals surface area contributed by atoms with Gasteiger partial charge in [-0.25, -0.2) is 8.42 Å². The SMILES string of the molecule is Cc1cccc(N)c1S(=O)(=O)N1CCNC(=O)C1(C)C. The fraction of sp³-hybridized carbons (Fsp3) is 0.462. The largest absolute Gasteiger partial charge is 0.398 e. The van der Waals surface area contributed by atoms with E-state index >= 15 is 0 Å². The third-order valence-corrected chi connectivity index (χ3v) is 5.86. The zero-order valence-corrected chi connectivity index (χ0v) is 12.6. The molecule has 1 aromatic rings. The molecule has 0 bridgehead atoms. The van der Waals surface area contributed by atoms with Crippen LogP contribution in [-0.2, 0) is 14.8 Å². The normalized spacial score (nSPS) is 19.6. The molecule has 2 rings (SSSR count). The number of anilines is 1. The van der Waals surface area contributed by atoms with Crippen LogP contribution in [0.1, 0.15) is 19.4 Å². The smallest absolute Gasteiger partial charge is 0.246 e. The van der Waals surface area contributed by atoms with Crippen LogP contribution >= 0.6 is 0 Å². The van der Waals surface area contributed by atoms with Gasteiger partial charge in [-0.1, -0.05) is 12.1 Å². The molecule has 1 aromatic carbocycles. The Balaban J connectivity index is 2.58. The van der Waals surface area contributed by atoms with Crippen LogP contribution in [0.2, 0.25) is 0 Å². The maximum Gasteiger partial charge on any atom is 0.246 e. The van der Waals surface area contributed by atoms with Crippen LogP contribution in [0.5, 0.6) is 0 Å². The molecule has 7 heteroatoms. The van der Waals surface area contributed by atoms with Crippen molar-refractivity contribution in [1.29, 1.82) is 0 Å². The van der Waals surface area contributed by atoms with Gasteiger partial charge in [0.2, 0.25) is 15.9 Å². The molecule has 110 valence electrons. The van der Waals surface area contributed by atoms with Gasteiger partial charge in [-0.2, -0.15) is 4.31 Å². The summed E-state index contributed by atoms with van der Waals surface area (Å²) in [7, 11) is -3.82. The van der Waals surface area contributed by atoms with Crippen molar-refractivity contribution in [2.75, 3.05) is 18.8 Å². The van der Waals surface area contributed by atoms with E-state index < -0.39 is 15.6 Å². The first-order valence-electron chi connectivity index (χ1n) is 6.35. The molecule has 3 N–H and O–H groups in total.